The number of benzene rings is 1. The Morgan fingerprint density at radius 3 is 2.66 bits per heavy atom. The van der Waals surface area contributed by atoms with E-state index in [4.69, 9.17) is 21.2 Å². The number of nitrogen functional groups attached to an aromatic ring is 2. The Kier molecular flexibility index (Phi) is 6.24. The lowest BCUT2D eigenvalue weighted by molar-refractivity contribution is -0.134. The second kappa shape index (κ2) is 8.94. The van der Waals surface area contributed by atoms with E-state index < -0.39 is 5.82 Å². The number of piperazine rings is 1. The summed E-state index contributed by atoms with van der Waals surface area (Å²) in [6.07, 6.45) is 2.55. The van der Waals surface area contributed by atoms with Gasteiger partial charge >= 0.3 is 0 Å². The third-order valence-corrected chi connectivity index (χ3v) is 6.52. The highest BCUT2D eigenvalue weighted by Crippen LogP contribution is 2.47. The van der Waals surface area contributed by atoms with Crippen molar-refractivity contribution in [1.82, 2.24) is 9.88 Å². The summed E-state index contributed by atoms with van der Waals surface area (Å²) in [5, 5.41) is 0. The zero-order valence-electron chi connectivity index (χ0n) is 19.0. The fourth-order valence-electron chi connectivity index (χ4n) is 4.54. The van der Waals surface area contributed by atoms with Gasteiger partial charge in [0.25, 0.3) is 0 Å². The van der Waals surface area contributed by atoms with Gasteiger partial charge in [0.05, 0.1) is 30.1 Å². The quantitative estimate of drug-likeness (QED) is 0.668. The van der Waals surface area contributed by atoms with E-state index in [1.165, 1.54) is 6.07 Å². The van der Waals surface area contributed by atoms with Gasteiger partial charge in [0.1, 0.15) is 5.82 Å². The van der Waals surface area contributed by atoms with Crippen molar-refractivity contribution >= 4 is 23.1 Å². The summed E-state index contributed by atoms with van der Waals surface area (Å²) in [7, 11) is 1.60. The monoisotopic (exact) mass is 441 g/mol. The summed E-state index contributed by atoms with van der Waals surface area (Å²) < 4.78 is 18.8. The van der Waals surface area contributed by atoms with Gasteiger partial charge in [0, 0.05) is 44.3 Å². The molecule has 1 aromatic carbocycles. The molecule has 172 valence electrons. The lowest BCUT2D eigenvalue weighted by Crippen LogP contribution is -2.54. The molecule has 1 aliphatic heterocycles. The lowest BCUT2D eigenvalue weighted by atomic mass is 9.95. The van der Waals surface area contributed by atoms with E-state index in [-0.39, 0.29) is 17.6 Å². The van der Waals surface area contributed by atoms with E-state index in [1.54, 1.807) is 19.2 Å². The minimum atomic E-state index is -0.427. The zero-order valence-corrected chi connectivity index (χ0v) is 19.0. The molecule has 0 unspecified atom stereocenters. The molecule has 2 fully saturated rings. The summed E-state index contributed by atoms with van der Waals surface area (Å²) in [6, 6.07) is 4.85. The molecular weight excluding hydrogens is 409 g/mol. The maximum absolute atomic E-state index is 13.8. The van der Waals surface area contributed by atoms with Crippen LogP contribution in [0.5, 0.6) is 0 Å². The molecule has 1 amide bonds. The molecular formula is C24H32FN5O2. The van der Waals surface area contributed by atoms with Crippen LogP contribution in [-0.4, -0.2) is 55.2 Å². The van der Waals surface area contributed by atoms with Crippen LogP contribution < -0.4 is 16.4 Å². The predicted octanol–water partition coefficient (Wildman–Crippen LogP) is 3.31. The van der Waals surface area contributed by atoms with Crippen LogP contribution in [0.2, 0.25) is 0 Å². The number of amides is 1. The molecule has 32 heavy (non-hydrogen) atoms. The molecule has 8 heteroatoms. The molecule has 1 saturated heterocycles. The molecule has 2 heterocycles. The maximum Gasteiger partial charge on any atom is 0.225 e. The molecule has 0 radical (unpaired) electrons. The van der Waals surface area contributed by atoms with Gasteiger partial charge in [-0.25, -0.2) is 9.37 Å². The second-order valence-corrected chi connectivity index (χ2v) is 8.87. The summed E-state index contributed by atoms with van der Waals surface area (Å²) in [5.41, 5.74) is 16.9. The minimum absolute atomic E-state index is 0.0514. The summed E-state index contributed by atoms with van der Waals surface area (Å²) in [5.74, 6) is 0.839. The van der Waals surface area contributed by atoms with Crippen molar-refractivity contribution in [2.24, 2.45) is 0 Å². The molecule has 4 rings (SSSR count). The molecule has 7 nitrogen and oxygen atoms in total. The Morgan fingerprint density at radius 2 is 2.03 bits per heavy atom. The number of hydrogen-bond donors (Lipinski definition) is 2. The van der Waals surface area contributed by atoms with E-state index in [0.29, 0.717) is 44.3 Å². The number of carbonyl (C=O) groups excluding carboxylic acids is 1. The number of rotatable bonds is 6. The maximum atomic E-state index is 13.8. The normalized spacial score (nSPS) is 18.8. The number of methoxy groups -OCH3 is 1. The molecule has 1 saturated carbocycles. The van der Waals surface area contributed by atoms with Gasteiger partial charge < -0.3 is 26.0 Å². The van der Waals surface area contributed by atoms with E-state index in [9.17, 15) is 9.18 Å². The van der Waals surface area contributed by atoms with Gasteiger partial charge in [-0.05, 0) is 49.9 Å². The average molecular weight is 442 g/mol. The number of carbonyl (C=O) groups is 1. The van der Waals surface area contributed by atoms with Gasteiger partial charge in [-0.2, -0.15) is 0 Å². The first-order valence-electron chi connectivity index (χ1n) is 11.2. The fourth-order valence-corrected chi connectivity index (χ4v) is 4.54. The third kappa shape index (κ3) is 4.24. The molecule has 1 aliphatic carbocycles. The van der Waals surface area contributed by atoms with E-state index in [0.717, 1.165) is 41.0 Å². The van der Waals surface area contributed by atoms with Crippen molar-refractivity contribution in [2.45, 2.75) is 45.1 Å². The van der Waals surface area contributed by atoms with Gasteiger partial charge in [-0.3, -0.25) is 4.79 Å². The first-order chi connectivity index (χ1) is 15.3. The van der Waals surface area contributed by atoms with Crippen LogP contribution in [0.15, 0.2) is 18.2 Å². The van der Waals surface area contributed by atoms with Crippen molar-refractivity contribution in [1.29, 1.82) is 0 Å². The predicted molar refractivity (Wildman–Crippen MR) is 125 cm³/mol. The molecule has 4 N–H and O–H groups in total. The minimum Gasteiger partial charge on any atom is -0.396 e. The molecule has 1 aromatic heterocycles. The highest BCUT2D eigenvalue weighted by Gasteiger charge is 2.34. The van der Waals surface area contributed by atoms with Crippen LogP contribution in [0.1, 0.15) is 43.4 Å². The number of anilines is 3. The van der Waals surface area contributed by atoms with Crippen LogP contribution in [-0.2, 0) is 9.53 Å². The van der Waals surface area contributed by atoms with E-state index >= 15 is 0 Å². The van der Waals surface area contributed by atoms with Crippen LogP contribution in [0.4, 0.5) is 21.6 Å². The Hall–Kier alpha value is -2.87. The summed E-state index contributed by atoms with van der Waals surface area (Å²) in [4.78, 5) is 21.6. The van der Waals surface area contributed by atoms with Crippen LogP contribution in [0.3, 0.4) is 0 Å². The highest BCUT2D eigenvalue weighted by atomic mass is 19.1. The molecule has 2 aromatic rings. The number of aromatic nitrogens is 1. The Labute approximate surface area is 188 Å². The summed E-state index contributed by atoms with van der Waals surface area (Å²) >= 11 is 0. The Morgan fingerprint density at radius 1 is 1.28 bits per heavy atom. The van der Waals surface area contributed by atoms with Crippen molar-refractivity contribution in [3.8, 4) is 11.1 Å². The largest absolute Gasteiger partial charge is 0.396 e. The van der Waals surface area contributed by atoms with Crippen molar-refractivity contribution < 1.29 is 13.9 Å². The van der Waals surface area contributed by atoms with E-state index in [1.807, 2.05) is 11.8 Å². The van der Waals surface area contributed by atoms with Gasteiger partial charge in [0.2, 0.25) is 5.91 Å². The topological polar surface area (TPSA) is 97.7 Å². The van der Waals surface area contributed by atoms with E-state index in [2.05, 4.69) is 11.8 Å². The highest BCUT2D eigenvalue weighted by molar-refractivity contribution is 5.83. The molecule has 1 atom stereocenters. The summed E-state index contributed by atoms with van der Waals surface area (Å²) in [6.45, 7) is 6.44. The standard InChI is InChI=1S/C24H32FN5O2/c1-14-13-29(9-10-30(14)20(31)8-11-32-3)24-22(27)15(2)21(23(28-24)16-4-5-16)17-6-7-18(25)19(26)12-17/h6-7,12,14,16H,4-5,8-11,13,26-27H2,1-3H3/t14-/m1/s1. The smallest absolute Gasteiger partial charge is 0.225 e. The lowest BCUT2D eigenvalue weighted by Gasteiger charge is -2.41. The van der Waals surface area contributed by atoms with Crippen molar-refractivity contribution in [3.05, 3.63) is 35.3 Å². The van der Waals surface area contributed by atoms with Crippen molar-refractivity contribution in [3.63, 3.8) is 0 Å². The number of hydrogen-bond acceptors (Lipinski definition) is 6. The molecule has 2 aliphatic rings. The average Bonchev–Trinajstić information content (AvgIpc) is 3.61. The number of halogens is 1. The number of nitrogens with zero attached hydrogens (tertiary/aromatic N) is 3. The van der Waals surface area contributed by atoms with Gasteiger partial charge in [0.15, 0.2) is 5.82 Å². The number of ether oxygens (including phenoxy) is 1. The SMILES string of the molecule is COCCC(=O)N1CCN(c2nc(C3CC3)c(-c3ccc(F)c(N)c3)c(C)c2N)C[C@H]1C. The van der Waals surface area contributed by atoms with Gasteiger partial charge in [-0.1, -0.05) is 6.07 Å². The second-order valence-electron chi connectivity index (χ2n) is 8.87. The van der Waals surface area contributed by atoms with Crippen LogP contribution in [0, 0.1) is 12.7 Å². The van der Waals surface area contributed by atoms with Crippen LogP contribution >= 0.6 is 0 Å². The number of nitrogens with two attached hydrogens (primary N) is 2. The fraction of sp³-hybridized carbons (Fsp3) is 0.500. The van der Waals surface area contributed by atoms with Crippen LogP contribution in [0.25, 0.3) is 11.1 Å². The third-order valence-electron chi connectivity index (χ3n) is 6.52. The van der Waals surface area contributed by atoms with Crippen molar-refractivity contribution in [2.75, 3.05) is 49.7 Å². The number of pyridine rings is 1. The first-order valence-corrected chi connectivity index (χ1v) is 11.2. The molecule has 0 bridgehead atoms. The first kappa shape index (κ1) is 22.3. The zero-order chi connectivity index (χ0) is 23.0. The molecule has 0 spiro atoms. The Bertz CT molecular complexity index is 1020. The Balaban J connectivity index is 1.65. The van der Waals surface area contributed by atoms with Gasteiger partial charge in [-0.15, -0.1) is 0 Å².